The Morgan fingerprint density at radius 2 is 1.96 bits per heavy atom. The minimum atomic E-state index is -1.17. The number of urea groups is 1. The third kappa shape index (κ3) is 4.82. The van der Waals surface area contributed by atoms with E-state index < -0.39 is 36.2 Å². The van der Waals surface area contributed by atoms with Crippen molar-refractivity contribution in [1.82, 2.24) is 10.6 Å². The molecule has 2 N–H and O–H groups in total. The number of fused-ring (bicyclic) bond motifs is 1. The van der Waals surface area contributed by atoms with Gasteiger partial charge < -0.3 is 19.2 Å². The number of hydrogen-bond donors (Lipinski definition) is 2. The highest BCUT2D eigenvalue weighted by Gasteiger charge is 2.19. The lowest BCUT2D eigenvalue weighted by atomic mass is 10.1. The molecule has 0 fully saturated rings. The molecule has 0 radical (unpaired) electrons. The van der Waals surface area contributed by atoms with Gasteiger partial charge in [-0.3, -0.25) is 10.1 Å². The third-order valence-corrected chi connectivity index (χ3v) is 3.42. The van der Waals surface area contributed by atoms with E-state index in [0.717, 1.165) is 10.9 Å². The van der Waals surface area contributed by atoms with Crippen LogP contribution in [0.15, 0.2) is 33.5 Å². The Morgan fingerprint density at radius 1 is 1.23 bits per heavy atom. The molecule has 9 heteroatoms. The molecule has 26 heavy (non-hydrogen) atoms. The van der Waals surface area contributed by atoms with Crippen LogP contribution in [-0.4, -0.2) is 37.7 Å². The monoisotopic (exact) mass is 362 g/mol. The van der Waals surface area contributed by atoms with Crippen molar-refractivity contribution < 1.29 is 28.3 Å². The summed E-state index contributed by atoms with van der Waals surface area (Å²) in [4.78, 5) is 45.8. The average Bonchev–Trinajstić information content (AvgIpc) is 2.59. The summed E-state index contributed by atoms with van der Waals surface area (Å²) < 4.78 is 15.3. The molecule has 0 aliphatic heterocycles. The van der Waals surface area contributed by atoms with Crippen LogP contribution in [0.2, 0.25) is 0 Å². The lowest BCUT2D eigenvalue weighted by Crippen LogP contribution is -2.43. The van der Waals surface area contributed by atoms with E-state index in [1.165, 1.54) is 26.1 Å². The maximum absolute atomic E-state index is 11.8. The number of hydrogen-bond acceptors (Lipinski definition) is 7. The fourth-order valence-corrected chi connectivity index (χ4v) is 2.10. The van der Waals surface area contributed by atoms with Crippen LogP contribution in [0, 0.1) is 6.92 Å². The van der Waals surface area contributed by atoms with Crippen LogP contribution in [0.4, 0.5) is 4.79 Å². The molecule has 0 saturated carbocycles. The van der Waals surface area contributed by atoms with E-state index in [-0.39, 0.29) is 0 Å². The summed E-state index contributed by atoms with van der Waals surface area (Å²) >= 11 is 0. The summed E-state index contributed by atoms with van der Waals surface area (Å²) in [6.45, 7) is 2.64. The van der Waals surface area contributed by atoms with E-state index >= 15 is 0 Å². The first kappa shape index (κ1) is 19.0. The zero-order valence-corrected chi connectivity index (χ0v) is 14.5. The first-order valence-corrected chi connectivity index (χ1v) is 7.69. The van der Waals surface area contributed by atoms with Gasteiger partial charge in [-0.05, 0) is 31.5 Å². The second-order valence-corrected chi connectivity index (χ2v) is 5.40. The second-order valence-electron chi connectivity index (χ2n) is 5.40. The Bertz CT molecular complexity index is 904. The number of benzene rings is 1. The SMILES string of the molecule is CNC(=O)NC(=O)[C@@H](C)OC(=O)COc1ccc2c(C)cc(=O)oc2c1. The minimum absolute atomic E-state index is 0.297. The van der Waals surface area contributed by atoms with Gasteiger partial charge in [0.15, 0.2) is 12.7 Å². The molecule has 1 heterocycles. The number of rotatable bonds is 5. The molecule has 0 bridgehead atoms. The van der Waals surface area contributed by atoms with Gasteiger partial charge in [-0.25, -0.2) is 14.4 Å². The number of amides is 3. The van der Waals surface area contributed by atoms with Crippen LogP contribution in [0.5, 0.6) is 5.75 Å². The lowest BCUT2D eigenvalue weighted by molar-refractivity contribution is -0.156. The van der Waals surface area contributed by atoms with Gasteiger partial charge in [0.05, 0.1) is 0 Å². The fourth-order valence-electron chi connectivity index (χ4n) is 2.10. The fraction of sp³-hybridized carbons (Fsp3) is 0.294. The van der Waals surface area contributed by atoms with Gasteiger partial charge in [0, 0.05) is 24.6 Å². The Kier molecular flexibility index (Phi) is 5.94. The Morgan fingerprint density at radius 3 is 2.65 bits per heavy atom. The van der Waals surface area contributed by atoms with Crippen LogP contribution < -0.4 is 21.0 Å². The van der Waals surface area contributed by atoms with Crippen molar-refractivity contribution >= 4 is 28.9 Å². The molecule has 138 valence electrons. The predicted octanol–water partition coefficient (Wildman–Crippen LogP) is 0.868. The summed E-state index contributed by atoms with van der Waals surface area (Å²) in [7, 11) is 1.35. The van der Waals surface area contributed by atoms with Gasteiger partial charge in [0.2, 0.25) is 0 Å². The molecule has 0 unspecified atom stereocenters. The van der Waals surface area contributed by atoms with Crippen LogP contribution in [-0.2, 0) is 14.3 Å². The highest BCUT2D eigenvalue weighted by atomic mass is 16.6. The number of ether oxygens (including phenoxy) is 2. The Hall–Kier alpha value is -3.36. The van der Waals surface area contributed by atoms with E-state index in [1.807, 2.05) is 5.32 Å². The first-order valence-electron chi connectivity index (χ1n) is 7.69. The Labute approximate surface area is 148 Å². The lowest BCUT2D eigenvalue weighted by Gasteiger charge is -2.13. The van der Waals surface area contributed by atoms with Gasteiger partial charge in [-0.1, -0.05) is 0 Å². The zero-order valence-electron chi connectivity index (χ0n) is 14.5. The number of esters is 1. The van der Waals surface area contributed by atoms with Crippen molar-refractivity contribution in [2.24, 2.45) is 0 Å². The van der Waals surface area contributed by atoms with Gasteiger partial charge in [-0.2, -0.15) is 0 Å². The maximum atomic E-state index is 11.8. The topological polar surface area (TPSA) is 124 Å². The quantitative estimate of drug-likeness (QED) is 0.597. The van der Waals surface area contributed by atoms with Crippen LogP contribution >= 0.6 is 0 Å². The molecule has 3 amide bonds. The van der Waals surface area contributed by atoms with E-state index in [9.17, 15) is 19.2 Å². The molecular weight excluding hydrogens is 344 g/mol. The van der Waals surface area contributed by atoms with Crippen molar-refractivity contribution in [3.63, 3.8) is 0 Å². The Balaban J connectivity index is 1.95. The molecule has 1 atom stereocenters. The van der Waals surface area contributed by atoms with Crippen LogP contribution in [0.3, 0.4) is 0 Å². The third-order valence-electron chi connectivity index (χ3n) is 3.42. The number of carbonyl (C=O) groups is 3. The summed E-state index contributed by atoms with van der Waals surface area (Å²) in [5.41, 5.74) is 0.611. The largest absolute Gasteiger partial charge is 0.482 e. The van der Waals surface area contributed by atoms with Crippen molar-refractivity contribution in [3.8, 4) is 5.75 Å². The van der Waals surface area contributed by atoms with Crippen molar-refractivity contribution in [2.75, 3.05) is 13.7 Å². The molecular formula is C17H18N2O7. The second kappa shape index (κ2) is 8.15. The highest BCUT2D eigenvalue weighted by molar-refractivity contribution is 5.97. The normalized spacial score (nSPS) is 11.5. The number of aryl methyl sites for hydroxylation is 1. The van der Waals surface area contributed by atoms with Gasteiger partial charge >= 0.3 is 17.6 Å². The van der Waals surface area contributed by atoms with Crippen molar-refractivity contribution in [2.45, 2.75) is 20.0 Å². The summed E-state index contributed by atoms with van der Waals surface area (Å²) in [6, 6.07) is 5.48. The molecule has 2 rings (SSSR count). The molecule has 0 aliphatic rings. The average molecular weight is 362 g/mol. The minimum Gasteiger partial charge on any atom is -0.482 e. The molecule has 0 aliphatic carbocycles. The van der Waals surface area contributed by atoms with Crippen LogP contribution in [0.25, 0.3) is 11.0 Å². The van der Waals surface area contributed by atoms with Crippen molar-refractivity contribution in [3.05, 3.63) is 40.2 Å². The number of carbonyl (C=O) groups excluding carboxylic acids is 3. The molecule has 9 nitrogen and oxygen atoms in total. The maximum Gasteiger partial charge on any atom is 0.344 e. The molecule has 1 aromatic heterocycles. The molecule has 2 aromatic rings. The van der Waals surface area contributed by atoms with Gasteiger partial charge in [0.25, 0.3) is 5.91 Å². The zero-order chi connectivity index (χ0) is 19.3. The van der Waals surface area contributed by atoms with E-state index in [2.05, 4.69) is 5.32 Å². The molecule has 0 spiro atoms. The number of imide groups is 1. The van der Waals surface area contributed by atoms with E-state index in [4.69, 9.17) is 13.9 Å². The summed E-state index contributed by atoms with van der Waals surface area (Å²) in [6.07, 6.45) is -1.17. The predicted molar refractivity (Wildman–Crippen MR) is 90.9 cm³/mol. The van der Waals surface area contributed by atoms with E-state index in [0.29, 0.717) is 11.3 Å². The highest BCUT2D eigenvalue weighted by Crippen LogP contribution is 2.22. The standard InChI is InChI=1S/C17H18N2O7/c1-9-6-14(20)26-13-7-11(4-5-12(9)13)24-8-15(21)25-10(2)16(22)19-17(23)18-3/h4-7,10H,8H2,1-3H3,(H2,18,19,22,23)/t10-/m1/s1. The van der Waals surface area contributed by atoms with Gasteiger partial charge in [0.1, 0.15) is 11.3 Å². The summed E-state index contributed by atoms with van der Waals surface area (Å²) in [5, 5.41) is 4.95. The molecule has 1 aromatic carbocycles. The number of nitrogens with one attached hydrogen (secondary N) is 2. The summed E-state index contributed by atoms with van der Waals surface area (Å²) in [5.74, 6) is -1.26. The van der Waals surface area contributed by atoms with Crippen LogP contribution in [0.1, 0.15) is 12.5 Å². The smallest absolute Gasteiger partial charge is 0.344 e. The van der Waals surface area contributed by atoms with E-state index in [1.54, 1.807) is 19.1 Å². The van der Waals surface area contributed by atoms with Gasteiger partial charge in [-0.15, -0.1) is 0 Å². The van der Waals surface area contributed by atoms with Crippen molar-refractivity contribution in [1.29, 1.82) is 0 Å². The molecule has 0 saturated heterocycles. The first-order chi connectivity index (χ1) is 12.3.